The lowest BCUT2D eigenvalue weighted by atomic mass is 10.1. The predicted octanol–water partition coefficient (Wildman–Crippen LogP) is 2.89. The average molecular weight is 194 g/mol. The molecular formula is C12H6N2O. The van der Waals surface area contributed by atoms with Crippen molar-refractivity contribution in [3.8, 4) is 11.6 Å². The van der Waals surface area contributed by atoms with Crippen molar-refractivity contribution in [1.29, 1.82) is 0 Å². The molecule has 0 N–H and O–H groups in total. The first-order chi connectivity index (χ1) is 7.42. The van der Waals surface area contributed by atoms with Crippen LogP contribution >= 0.6 is 0 Å². The molecule has 3 aromatic rings. The van der Waals surface area contributed by atoms with Crippen LogP contribution in [0.3, 0.4) is 0 Å². The Bertz CT molecular complexity index is 706. The Balaban J connectivity index is 2.30. The number of aromatic nitrogens is 2. The molecule has 0 saturated heterocycles. The van der Waals surface area contributed by atoms with Crippen LogP contribution in [0, 0.1) is 0 Å². The van der Waals surface area contributed by atoms with Crippen molar-refractivity contribution in [1.82, 2.24) is 9.97 Å². The van der Waals surface area contributed by atoms with Crippen molar-refractivity contribution in [2.45, 2.75) is 0 Å². The lowest BCUT2D eigenvalue weighted by Crippen LogP contribution is -1.80. The Morgan fingerprint density at radius 2 is 2.13 bits per heavy atom. The van der Waals surface area contributed by atoms with E-state index in [4.69, 9.17) is 4.74 Å². The summed E-state index contributed by atoms with van der Waals surface area (Å²) in [7, 11) is 0. The fourth-order valence-corrected chi connectivity index (χ4v) is 1.89. The zero-order chi connectivity index (χ0) is 9.83. The van der Waals surface area contributed by atoms with Crippen LogP contribution in [-0.2, 0) is 0 Å². The Kier molecular flexibility index (Phi) is 1.08. The maximum Gasteiger partial charge on any atom is 0.264 e. The molecule has 1 aliphatic rings. The van der Waals surface area contributed by atoms with Crippen LogP contribution in [0.2, 0.25) is 0 Å². The molecule has 0 bridgehead atoms. The van der Waals surface area contributed by atoms with Gasteiger partial charge in [0.25, 0.3) is 5.88 Å². The number of rotatable bonds is 0. The first-order valence-electron chi connectivity index (χ1n) is 4.78. The summed E-state index contributed by atoms with van der Waals surface area (Å²) in [4.78, 5) is 8.73. The number of nitrogens with zero attached hydrogens (tertiary/aromatic N) is 2. The fraction of sp³-hybridized carbons (Fsp3) is 0. The van der Waals surface area contributed by atoms with Gasteiger partial charge in [-0.25, -0.2) is 4.98 Å². The van der Waals surface area contributed by atoms with Crippen LogP contribution < -0.4 is 4.74 Å². The van der Waals surface area contributed by atoms with Gasteiger partial charge in [0.05, 0.1) is 11.0 Å². The molecule has 70 valence electrons. The first-order valence-corrected chi connectivity index (χ1v) is 4.78. The van der Waals surface area contributed by atoms with Crippen molar-refractivity contribution in [3.05, 3.63) is 36.5 Å². The minimum Gasteiger partial charge on any atom is -0.430 e. The third-order valence-electron chi connectivity index (χ3n) is 2.66. The molecule has 4 rings (SSSR count). The predicted molar refractivity (Wildman–Crippen MR) is 57.1 cm³/mol. The maximum absolute atomic E-state index is 5.20. The van der Waals surface area contributed by atoms with Gasteiger partial charge in [-0.1, -0.05) is 6.07 Å². The minimum absolute atomic E-state index is 0.749. The molecule has 2 aromatic heterocycles. The van der Waals surface area contributed by atoms with Crippen LogP contribution in [0.5, 0.6) is 11.6 Å². The number of hydrogen-bond donors (Lipinski definition) is 0. The topological polar surface area (TPSA) is 38.3 Å². The van der Waals surface area contributed by atoms with Crippen LogP contribution in [0.1, 0.15) is 0 Å². The van der Waals surface area contributed by atoms with E-state index in [1.54, 1.807) is 6.20 Å². The van der Waals surface area contributed by atoms with E-state index >= 15 is 0 Å². The summed E-state index contributed by atoms with van der Waals surface area (Å²) in [5.74, 6) is 1.64. The monoisotopic (exact) mass is 194 g/mol. The van der Waals surface area contributed by atoms with Crippen LogP contribution in [0.4, 0.5) is 0 Å². The molecule has 0 radical (unpaired) electrons. The van der Waals surface area contributed by atoms with Gasteiger partial charge in [0.1, 0.15) is 0 Å². The van der Waals surface area contributed by atoms with Crippen molar-refractivity contribution in [3.63, 3.8) is 0 Å². The number of benzene rings is 1. The van der Waals surface area contributed by atoms with Crippen molar-refractivity contribution >= 4 is 21.8 Å². The standard InChI is InChI=1S/C12H6N2O/c1-2-8-9(13-5-1)4-3-7-6-10-12(15-10)14-11(7)8/h1-6H. The van der Waals surface area contributed by atoms with Gasteiger partial charge in [0.2, 0.25) is 0 Å². The van der Waals surface area contributed by atoms with E-state index in [-0.39, 0.29) is 0 Å². The largest absolute Gasteiger partial charge is 0.430 e. The highest BCUT2D eigenvalue weighted by Gasteiger charge is 2.23. The Morgan fingerprint density at radius 3 is 3.13 bits per heavy atom. The zero-order valence-electron chi connectivity index (χ0n) is 7.77. The molecule has 0 atom stereocenters. The second-order valence-corrected chi connectivity index (χ2v) is 3.60. The molecule has 0 fully saturated rings. The molecule has 0 unspecified atom stereocenters. The summed E-state index contributed by atoms with van der Waals surface area (Å²) < 4.78 is 5.20. The lowest BCUT2D eigenvalue weighted by Gasteiger charge is -1.98. The zero-order valence-corrected chi connectivity index (χ0v) is 7.77. The molecule has 0 spiro atoms. The fourth-order valence-electron chi connectivity index (χ4n) is 1.89. The normalized spacial score (nSPS) is 12.5. The van der Waals surface area contributed by atoms with Gasteiger partial charge in [-0.15, -0.1) is 0 Å². The van der Waals surface area contributed by atoms with E-state index in [0.717, 1.165) is 33.4 Å². The molecule has 15 heavy (non-hydrogen) atoms. The third kappa shape index (κ3) is 0.892. The summed E-state index contributed by atoms with van der Waals surface area (Å²) in [6.45, 7) is 0. The second-order valence-electron chi connectivity index (χ2n) is 3.60. The highest BCUT2D eigenvalue weighted by molar-refractivity contribution is 6.04. The van der Waals surface area contributed by atoms with E-state index in [1.807, 2.05) is 30.3 Å². The third-order valence-corrected chi connectivity index (χ3v) is 2.66. The van der Waals surface area contributed by atoms with E-state index in [1.165, 1.54) is 0 Å². The second kappa shape index (κ2) is 2.25. The molecule has 3 heterocycles. The van der Waals surface area contributed by atoms with Gasteiger partial charge in [-0.05, 0) is 24.3 Å². The van der Waals surface area contributed by atoms with Gasteiger partial charge < -0.3 is 4.74 Å². The van der Waals surface area contributed by atoms with Gasteiger partial charge in [0, 0.05) is 17.0 Å². The highest BCUT2D eigenvalue weighted by atomic mass is 16.6. The summed E-state index contributed by atoms with van der Waals surface area (Å²) in [5.41, 5.74) is 1.94. The molecule has 3 nitrogen and oxygen atoms in total. The minimum atomic E-state index is 0.749. The Hall–Kier alpha value is -2.16. The summed E-state index contributed by atoms with van der Waals surface area (Å²) in [5, 5.41) is 2.18. The SMILES string of the molecule is c1cnc2ccc3cc4c(nc3c2c1)O4. The van der Waals surface area contributed by atoms with Gasteiger partial charge >= 0.3 is 0 Å². The average Bonchev–Trinajstić information content (AvgIpc) is 3.04. The van der Waals surface area contributed by atoms with Crippen LogP contribution in [0.15, 0.2) is 36.5 Å². The number of fused-ring (bicyclic) bond motifs is 4. The van der Waals surface area contributed by atoms with Crippen molar-refractivity contribution < 1.29 is 4.74 Å². The quantitative estimate of drug-likeness (QED) is 0.319. The van der Waals surface area contributed by atoms with Gasteiger partial charge in [-0.3, -0.25) is 4.98 Å². The lowest BCUT2D eigenvalue weighted by molar-refractivity contribution is 0.636. The molecule has 0 saturated carbocycles. The molecular weight excluding hydrogens is 188 g/mol. The Labute approximate surface area is 85.3 Å². The summed E-state index contributed by atoms with van der Waals surface area (Å²) in [6, 6.07) is 10.0. The van der Waals surface area contributed by atoms with Gasteiger partial charge in [0.15, 0.2) is 5.75 Å². The van der Waals surface area contributed by atoms with Gasteiger partial charge in [-0.2, -0.15) is 0 Å². The molecule has 0 amide bonds. The molecule has 1 aliphatic heterocycles. The number of pyridine rings is 2. The summed E-state index contributed by atoms with van der Waals surface area (Å²) >= 11 is 0. The summed E-state index contributed by atoms with van der Waals surface area (Å²) in [6.07, 6.45) is 1.79. The maximum atomic E-state index is 5.20. The highest BCUT2D eigenvalue weighted by Crippen LogP contribution is 2.45. The van der Waals surface area contributed by atoms with E-state index in [9.17, 15) is 0 Å². The molecule has 3 heteroatoms. The van der Waals surface area contributed by atoms with Crippen molar-refractivity contribution in [2.24, 2.45) is 0 Å². The first kappa shape index (κ1) is 7.17. The van der Waals surface area contributed by atoms with E-state index < -0.39 is 0 Å². The number of hydrogen-bond acceptors (Lipinski definition) is 3. The van der Waals surface area contributed by atoms with E-state index in [2.05, 4.69) is 9.97 Å². The van der Waals surface area contributed by atoms with E-state index in [0.29, 0.717) is 0 Å². The molecule has 1 aromatic carbocycles. The Morgan fingerprint density at radius 1 is 1.13 bits per heavy atom. The van der Waals surface area contributed by atoms with Crippen LogP contribution in [-0.4, -0.2) is 9.97 Å². The molecule has 0 aliphatic carbocycles. The van der Waals surface area contributed by atoms with Crippen LogP contribution in [0.25, 0.3) is 21.8 Å². The smallest absolute Gasteiger partial charge is 0.264 e. The number of ether oxygens (including phenoxy) is 1. The van der Waals surface area contributed by atoms with Crippen molar-refractivity contribution in [2.75, 3.05) is 0 Å².